The Labute approximate surface area is 189 Å². The van der Waals surface area contributed by atoms with Crippen molar-refractivity contribution >= 4 is 17.5 Å². The maximum Gasteiger partial charge on any atom is 0.245 e. The molecule has 4 rings (SSSR count). The molecule has 1 aromatic carbocycles. The number of amides is 2. The molecule has 7 nitrogen and oxygen atoms in total. The third-order valence-electron chi connectivity index (χ3n) is 6.66. The molecule has 1 atom stereocenters. The summed E-state index contributed by atoms with van der Waals surface area (Å²) in [5.41, 5.74) is 0.0642. The number of nitrogens with zero attached hydrogens (tertiary/aromatic N) is 2. The lowest BCUT2D eigenvalue weighted by Gasteiger charge is -2.37. The first-order valence-corrected chi connectivity index (χ1v) is 11.6. The molecule has 172 valence electrons. The number of furan rings is 1. The number of aryl methyl sites for hydroxylation is 1. The van der Waals surface area contributed by atoms with E-state index in [0.717, 1.165) is 50.2 Å². The van der Waals surface area contributed by atoms with Crippen LogP contribution in [0.5, 0.6) is 5.75 Å². The molecule has 2 aliphatic rings. The quantitative estimate of drug-likeness (QED) is 0.766. The van der Waals surface area contributed by atoms with Gasteiger partial charge in [-0.15, -0.1) is 0 Å². The van der Waals surface area contributed by atoms with Crippen molar-refractivity contribution in [1.82, 2.24) is 9.80 Å². The predicted molar refractivity (Wildman–Crippen MR) is 122 cm³/mol. The second-order valence-corrected chi connectivity index (χ2v) is 8.83. The second kappa shape index (κ2) is 9.77. The summed E-state index contributed by atoms with van der Waals surface area (Å²) in [6.45, 7) is 6.60. The Kier molecular flexibility index (Phi) is 6.84. The van der Waals surface area contributed by atoms with Gasteiger partial charge in [-0.3, -0.25) is 14.5 Å². The number of carbonyl (C=O) groups is 2. The van der Waals surface area contributed by atoms with Gasteiger partial charge in [0.05, 0.1) is 18.8 Å². The van der Waals surface area contributed by atoms with Crippen LogP contribution >= 0.6 is 0 Å². The zero-order valence-corrected chi connectivity index (χ0v) is 19.1. The lowest BCUT2D eigenvalue weighted by atomic mass is 9.88. The number of carbonyl (C=O) groups excluding carboxylic acids is 2. The molecule has 1 aromatic heterocycles. The van der Waals surface area contributed by atoms with Crippen LogP contribution in [0.1, 0.15) is 50.5 Å². The summed E-state index contributed by atoms with van der Waals surface area (Å²) in [5.74, 6) is 2.45. The van der Waals surface area contributed by atoms with Crippen molar-refractivity contribution in [1.29, 1.82) is 0 Å². The van der Waals surface area contributed by atoms with E-state index in [1.165, 1.54) is 0 Å². The van der Waals surface area contributed by atoms with Crippen LogP contribution in [0.2, 0.25) is 0 Å². The zero-order valence-electron chi connectivity index (χ0n) is 19.1. The van der Waals surface area contributed by atoms with Crippen LogP contribution in [0.15, 0.2) is 40.8 Å². The van der Waals surface area contributed by atoms with Gasteiger partial charge in [0.2, 0.25) is 11.8 Å². The van der Waals surface area contributed by atoms with Crippen molar-refractivity contribution in [2.75, 3.05) is 31.6 Å². The number of nitrogens with one attached hydrogen (secondary N) is 1. The third-order valence-corrected chi connectivity index (χ3v) is 6.66. The van der Waals surface area contributed by atoms with E-state index >= 15 is 0 Å². The van der Waals surface area contributed by atoms with E-state index in [1.807, 2.05) is 48.2 Å². The fourth-order valence-electron chi connectivity index (χ4n) is 4.92. The van der Waals surface area contributed by atoms with Crippen LogP contribution in [0.25, 0.3) is 0 Å². The van der Waals surface area contributed by atoms with Crippen LogP contribution in [0.3, 0.4) is 0 Å². The van der Waals surface area contributed by atoms with Gasteiger partial charge in [0.25, 0.3) is 0 Å². The smallest absolute Gasteiger partial charge is 0.245 e. The van der Waals surface area contributed by atoms with E-state index in [4.69, 9.17) is 9.15 Å². The van der Waals surface area contributed by atoms with Crippen LogP contribution in [0, 0.1) is 6.92 Å². The summed E-state index contributed by atoms with van der Waals surface area (Å²) in [6, 6.07) is 11.5. The first-order chi connectivity index (χ1) is 15.5. The highest BCUT2D eigenvalue weighted by Crippen LogP contribution is 2.38. The number of para-hydroxylation sites is 2. The molecular weight excluding hydrogens is 406 g/mol. The Morgan fingerprint density at radius 3 is 2.66 bits per heavy atom. The van der Waals surface area contributed by atoms with Crippen molar-refractivity contribution in [2.24, 2.45) is 0 Å². The normalized spacial score (nSPS) is 22.9. The zero-order chi connectivity index (χ0) is 22.6. The Bertz CT molecular complexity index is 956. The number of rotatable bonds is 2. The molecular formula is C25H33N3O4. The lowest BCUT2D eigenvalue weighted by molar-refractivity contribution is -0.130. The van der Waals surface area contributed by atoms with E-state index < -0.39 is 5.54 Å². The van der Waals surface area contributed by atoms with Crippen LogP contribution in [-0.4, -0.2) is 53.4 Å². The Hall–Kier alpha value is -2.80. The Morgan fingerprint density at radius 2 is 1.88 bits per heavy atom. The topological polar surface area (TPSA) is 75.0 Å². The lowest BCUT2D eigenvalue weighted by Crippen LogP contribution is -2.52. The van der Waals surface area contributed by atoms with Gasteiger partial charge in [-0.05, 0) is 69.8 Å². The van der Waals surface area contributed by atoms with E-state index in [0.29, 0.717) is 37.7 Å². The van der Waals surface area contributed by atoms with Crippen LogP contribution in [0.4, 0.5) is 5.69 Å². The van der Waals surface area contributed by atoms with Gasteiger partial charge >= 0.3 is 0 Å². The highest BCUT2D eigenvalue weighted by Gasteiger charge is 2.47. The van der Waals surface area contributed by atoms with Crippen molar-refractivity contribution < 1.29 is 18.7 Å². The number of anilines is 1. The molecule has 0 unspecified atom stereocenters. The maximum atomic E-state index is 13.8. The molecule has 3 heterocycles. The number of benzene rings is 1. The number of ether oxygens (including phenoxy) is 1. The minimum absolute atomic E-state index is 0.0111. The van der Waals surface area contributed by atoms with Gasteiger partial charge in [-0.2, -0.15) is 0 Å². The van der Waals surface area contributed by atoms with Gasteiger partial charge in [0, 0.05) is 13.5 Å². The van der Waals surface area contributed by atoms with E-state index in [-0.39, 0.29) is 11.8 Å². The van der Waals surface area contributed by atoms with Gasteiger partial charge in [0.15, 0.2) is 0 Å². The SMILES string of the molecule is CC(=O)N1CCCC[C@@]2(CCCN2Cc2ccc(C)o2)C(=O)Nc2ccccc2OCC1. The fourth-order valence-corrected chi connectivity index (χ4v) is 4.92. The van der Waals surface area contributed by atoms with E-state index in [9.17, 15) is 9.59 Å². The molecule has 1 N–H and O–H groups in total. The molecule has 7 heteroatoms. The van der Waals surface area contributed by atoms with Crippen molar-refractivity contribution in [3.63, 3.8) is 0 Å². The molecule has 2 aromatic rings. The number of hydrogen-bond acceptors (Lipinski definition) is 5. The van der Waals surface area contributed by atoms with Crippen molar-refractivity contribution in [3.8, 4) is 5.75 Å². The molecule has 1 fully saturated rings. The molecule has 0 aliphatic carbocycles. The Balaban J connectivity index is 1.63. The monoisotopic (exact) mass is 439 g/mol. The van der Waals surface area contributed by atoms with E-state index in [2.05, 4.69) is 10.2 Å². The number of fused-ring (bicyclic) bond motifs is 1. The highest BCUT2D eigenvalue weighted by molar-refractivity contribution is 5.99. The molecule has 2 amide bonds. The first-order valence-electron chi connectivity index (χ1n) is 11.6. The molecule has 0 bridgehead atoms. The van der Waals surface area contributed by atoms with E-state index in [1.54, 1.807) is 6.92 Å². The minimum atomic E-state index is -0.608. The largest absolute Gasteiger partial charge is 0.490 e. The second-order valence-electron chi connectivity index (χ2n) is 8.83. The van der Waals surface area contributed by atoms with Gasteiger partial charge < -0.3 is 19.4 Å². The van der Waals surface area contributed by atoms with Gasteiger partial charge in [0.1, 0.15) is 29.4 Å². The summed E-state index contributed by atoms with van der Waals surface area (Å²) in [5, 5.41) is 3.17. The molecule has 0 radical (unpaired) electrons. The fraction of sp³-hybridized carbons (Fsp3) is 0.520. The molecule has 2 aliphatic heterocycles. The van der Waals surface area contributed by atoms with Gasteiger partial charge in [-0.1, -0.05) is 12.1 Å². The first kappa shape index (κ1) is 22.4. The summed E-state index contributed by atoms with van der Waals surface area (Å²) in [7, 11) is 0. The number of hydrogen-bond donors (Lipinski definition) is 1. The molecule has 1 spiro atoms. The van der Waals surface area contributed by atoms with Crippen LogP contribution < -0.4 is 10.1 Å². The average molecular weight is 440 g/mol. The maximum absolute atomic E-state index is 13.8. The summed E-state index contributed by atoms with van der Waals surface area (Å²) >= 11 is 0. The number of likely N-dealkylation sites (tertiary alicyclic amines) is 1. The summed E-state index contributed by atoms with van der Waals surface area (Å²) < 4.78 is 11.8. The molecule has 32 heavy (non-hydrogen) atoms. The molecule has 1 saturated heterocycles. The van der Waals surface area contributed by atoms with Crippen molar-refractivity contribution in [3.05, 3.63) is 47.9 Å². The average Bonchev–Trinajstić information content (AvgIpc) is 3.37. The standard InChI is InChI=1S/C25H33N3O4/c1-19-10-11-21(32-19)18-28-15-7-13-25(28)12-5-6-14-27(20(2)29)16-17-31-23-9-4-3-8-22(23)26-24(25)30/h3-4,8-11H,5-7,12-18H2,1-2H3,(H,26,30)/t25-/m1/s1. The van der Waals surface area contributed by atoms with Gasteiger partial charge in [-0.25, -0.2) is 0 Å². The van der Waals surface area contributed by atoms with Crippen LogP contribution in [-0.2, 0) is 16.1 Å². The Morgan fingerprint density at radius 1 is 1.06 bits per heavy atom. The summed E-state index contributed by atoms with van der Waals surface area (Å²) in [4.78, 5) is 30.0. The predicted octanol–water partition coefficient (Wildman–Crippen LogP) is 3.97. The minimum Gasteiger partial charge on any atom is -0.490 e. The van der Waals surface area contributed by atoms with Crippen molar-refractivity contribution in [2.45, 2.75) is 58.0 Å². The highest BCUT2D eigenvalue weighted by atomic mass is 16.5. The third kappa shape index (κ3) is 4.83. The summed E-state index contributed by atoms with van der Waals surface area (Å²) in [6.07, 6.45) is 4.23. The molecule has 0 saturated carbocycles.